The summed E-state index contributed by atoms with van der Waals surface area (Å²) in [5.74, 6) is -0.451. The van der Waals surface area contributed by atoms with Gasteiger partial charge in [0.25, 0.3) is 0 Å². The summed E-state index contributed by atoms with van der Waals surface area (Å²) in [7, 11) is 7.88. The third kappa shape index (κ3) is 7.45. The number of aromatic carboxylic acids is 1. The number of carboxylic acid groups (broad SMARTS) is 1. The molecule has 0 radical (unpaired) electrons. The van der Waals surface area contributed by atoms with Crippen LogP contribution in [0.4, 0.5) is 5.69 Å². The number of amides is 1. The average Bonchev–Trinajstić information content (AvgIpc) is 2.91. The molecule has 0 fully saturated rings. The van der Waals surface area contributed by atoms with Gasteiger partial charge in [-0.25, -0.2) is 4.58 Å². The summed E-state index contributed by atoms with van der Waals surface area (Å²) < 4.78 is 8.28. The Balaban J connectivity index is 0.000000360. The number of nitrogens with two attached hydrogens (primary N) is 1. The highest BCUT2D eigenvalue weighted by atomic mass is 16.4. The zero-order chi connectivity index (χ0) is 28.5. The Bertz CT molecular complexity index is 1490. The smallest absolute Gasteiger partial charge is 0.216 e. The largest absolute Gasteiger partial charge is 0.545 e. The Morgan fingerprint density at radius 1 is 0.974 bits per heavy atom. The van der Waals surface area contributed by atoms with Crippen molar-refractivity contribution in [2.75, 3.05) is 46.2 Å². The first-order valence-corrected chi connectivity index (χ1v) is 13.1. The molecule has 1 aliphatic heterocycles. The molecule has 0 saturated carbocycles. The number of nitrogens with zero attached hydrogens (tertiary/aromatic N) is 2. The molecule has 206 valence electrons. The van der Waals surface area contributed by atoms with Crippen LogP contribution in [0.5, 0.6) is 0 Å². The van der Waals surface area contributed by atoms with E-state index in [0.717, 1.165) is 59.9 Å². The molecule has 1 amide bonds. The first kappa shape index (κ1) is 29.4. The van der Waals surface area contributed by atoms with E-state index in [4.69, 9.17) is 10.2 Å². The van der Waals surface area contributed by atoms with Crippen molar-refractivity contribution >= 4 is 28.5 Å². The topological polar surface area (TPSA) is 115 Å². The molecule has 2 aromatic carbocycles. The molecule has 0 unspecified atom stereocenters. The average molecular weight is 531 g/mol. The van der Waals surface area contributed by atoms with Crippen LogP contribution in [0.2, 0.25) is 0 Å². The number of hydrogen-bond donors (Lipinski definition) is 2. The molecule has 8 heteroatoms. The van der Waals surface area contributed by atoms with E-state index in [2.05, 4.69) is 5.32 Å². The second-order valence-electron chi connectivity index (χ2n) is 9.79. The predicted octanol–water partition coefficient (Wildman–Crippen LogP) is 2.92. The summed E-state index contributed by atoms with van der Waals surface area (Å²) in [6.07, 6.45) is 3.20. The first-order valence-electron chi connectivity index (χ1n) is 13.1. The molecule has 1 aliphatic carbocycles. The second kappa shape index (κ2) is 13.6. The fourth-order valence-electron chi connectivity index (χ4n) is 4.30. The standard InChI is InChI=1S/C24H22N2O3.C7H16N2O/c1-25(2)15-9-11-19-21(13-15)29-22-14-16(26(3)4)10-12-20(22)23(19)17-7-5-6-8-18(17)24(27)28;1-7(10)9-6-4-2-3-5-8/h5-14H,1-4H3;2-6,8H2,1H3,(H,9,10). The van der Waals surface area contributed by atoms with Crippen LogP contribution in [0.1, 0.15) is 36.5 Å². The lowest BCUT2D eigenvalue weighted by atomic mass is 9.90. The SMILES string of the molecule is CC(=O)NCCCCCN.CN(C)c1ccc2c(-c3ccccc3C(=O)[O-])c3ccc(=[N+](C)C)cc-3oc2c1. The minimum absolute atomic E-state index is 0.0488. The number of nitrogens with one attached hydrogen (secondary N) is 1. The van der Waals surface area contributed by atoms with Gasteiger partial charge in [-0.15, -0.1) is 0 Å². The van der Waals surface area contributed by atoms with Crippen molar-refractivity contribution in [2.24, 2.45) is 5.73 Å². The van der Waals surface area contributed by atoms with Gasteiger partial charge in [-0.2, -0.15) is 0 Å². The fraction of sp³-hybridized carbons (Fsp3) is 0.323. The minimum Gasteiger partial charge on any atom is -0.545 e. The number of benzene rings is 3. The summed E-state index contributed by atoms with van der Waals surface area (Å²) in [5, 5.41) is 16.4. The van der Waals surface area contributed by atoms with Crippen LogP contribution >= 0.6 is 0 Å². The number of carbonyl (C=O) groups is 2. The Labute approximate surface area is 229 Å². The van der Waals surface area contributed by atoms with E-state index in [1.54, 1.807) is 12.1 Å². The predicted molar refractivity (Wildman–Crippen MR) is 156 cm³/mol. The molecule has 0 atom stereocenters. The van der Waals surface area contributed by atoms with Crippen LogP contribution in [0, 0.1) is 0 Å². The van der Waals surface area contributed by atoms with Crippen molar-refractivity contribution in [1.29, 1.82) is 0 Å². The van der Waals surface area contributed by atoms with E-state index in [9.17, 15) is 14.7 Å². The minimum atomic E-state index is -1.20. The molecule has 0 bridgehead atoms. The number of anilines is 1. The lowest BCUT2D eigenvalue weighted by molar-refractivity contribution is -0.254. The highest BCUT2D eigenvalue weighted by molar-refractivity contribution is 6.07. The summed E-state index contributed by atoms with van der Waals surface area (Å²) in [5.41, 5.74) is 9.45. The van der Waals surface area contributed by atoms with Gasteiger partial charge in [0.1, 0.15) is 25.4 Å². The maximum atomic E-state index is 11.8. The van der Waals surface area contributed by atoms with Crippen LogP contribution < -0.4 is 31.0 Å². The van der Waals surface area contributed by atoms with E-state index < -0.39 is 5.97 Å². The van der Waals surface area contributed by atoms with Crippen LogP contribution in [0.3, 0.4) is 0 Å². The van der Waals surface area contributed by atoms with Crippen LogP contribution in [-0.4, -0.2) is 53.2 Å². The molecule has 0 saturated heterocycles. The third-order valence-electron chi connectivity index (χ3n) is 6.39. The normalized spacial score (nSPS) is 10.6. The zero-order valence-electron chi connectivity index (χ0n) is 23.4. The van der Waals surface area contributed by atoms with Crippen molar-refractivity contribution < 1.29 is 19.1 Å². The highest BCUT2D eigenvalue weighted by Gasteiger charge is 2.20. The van der Waals surface area contributed by atoms with Gasteiger partial charge in [-0.05, 0) is 43.1 Å². The van der Waals surface area contributed by atoms with Gasteiger partial charge in [0, 0.05) is 67.5 Å². The number of hydrogen-bond acceptors (Lipinski definition) is 6. The number of unbranched alkanes of at least 4 members (excludes halogenated alkanes) is 2. The van der Waals surface area contributed by atoms with Gasteiger partial charge in [0.2, 0.25) is 11.3 Å². The van der Waals surface area contributed by atoms with E-state index in [1.807, 2.05) is 86.2 Å². The Morgan fingerprint density at radius 3 is 2.36 bits per heavy atom. The summed E-state index contributed by atoms with van der Waals surface area (Å²) in [6.45, 7) is 3.07. The molecule has 1 heterocycles. The Morgan fingerprint density at radius 2 is 1.72 bits per heavy atom. The van der Waals surface area contributed by atoms with Crippen LogP contribution in [-0.2, 0) is 4.79 Å². The number of fused-ring (bicyclic) bond motifs is 2. The van der Waals surface area contributed by atoms with Gasteiger partial charge in [0.15, 0.2) is 0 Å². The number of carbonyl (C=O) groups excluding carboxylic acids is 2. The number of rotatable bonds is 8. The van der Waals surface area contributed by atoms with Crippen molar-refractivity contribution in [3.8, 4) is 22.5 Å². The second-order valence-corrected chi connectivity index (χ2v) is 9.79. The lowest BCUT2D eigenvalue weighted by Crippen LogP contribution is -2.23. The third-order valence-corrected chi connectivity index (χ3v) is 6.39. The summed E-state index contributed by atoms with van der Waals surface area (Å²) in [6, 6.07) is 18.9. The molecular formula is C31H38N4O4. The molecule has 4 rings (SSSR count). The highest BCUT2D eigenvalue weighted by Crippen LogP contribution is 2.41. The molecule has 2 aromatic rings. The number of carboxylic acids is 1. The van der Waals surface area contributed by atoms with Gasteiger partial charge in [-0.1, -0.05) is 30.7 Å². The van der Waals surface area contributed by atoms with E-state index in [0.29, 0.717) is 16.9 Å². The van der Waals surface area contributed by atoms with Crippen LogP contribution in [0.15, 0.2) is 65.1 Å². The van der Waals surface area contributed by atoms with Crippen molar-refractivity contribution in [1.82, 2.24) is 9.89 Å². The molecule has 2 aliphatic rings. The van der Waals surface area contributed by atoms with Crippen molar-refractivity contribution in [3.05, 3.63) is 71.6 Å². The van der Waals surface area contributed by atoms with Gasteiger partial charge < -0.3 is 30.3 Å². The van der Waals surface area contributed by atoms with Gasteiger partial charge in [0.05, 0.1) is 12.0 Å². The van der Waals surface area contributed by atoms with Crippen molar-refractivity contribution in [3.63, 3.8) is 0 Å². The van der Waals surface area contributed by atoms with E-state index in [1.165, 1.54) is 6.92 Å². The lowest BCUT2D eigenvalue weighted by Gasteiger charge is -2.19. The van der Waals surface area contributed by atoms with Gasteiger partial charge in [-0.3, -0.25) is 4.79 Å². The maximum absolute atomic E-state index is 11.8. The molecule has 8 nitrogen and oxygen atoms in total. The molecule has 39 heavy (non-hydrogen) atoms. The summed E-state index contributed by atoms with van der Waals surface area (Å²) >= 11 is 0. The molecule has 0 aromatic heterocycles. The maximum Gasteiger partial charge on any atom is 0.216 e. The monoisotopic (exact) mass is 530 g/mol. The quantitative estimate of drug-likeness (QED) is 0.206. The van der Waals surface area contributed by atoms with Crippen LogP contribution in [0.25, 0.3) is 33.4 Å². The Hall–Kier alpha value is -4.17. The fourth-order valence-corrected chi connectivity index (χ4v) is 4.30. The molecule has 3 N–H and O–H groups in total. The van der Waals surface area contributed by atoms with E-state index in [-0.39, 0.29) is 11.5 Å². The van der Waals surface area contributed by atoms with E-state index >= 15 is 0 Å². The molecular weight excluding hydrogens is 492 g/mol. The zero-order valence-corrected chi connectivity index (χ0v) is 23.4. The Kier molecular flexibility index (Phi) is 10.2. The van der Waals surface area contributed by atoms with Crippen molar-refractivity contribution in [2.45, 2.75) is 26.2 Å². The van der Waals surface area contributed by atoms with Gasteiger partial charge >= 0.3 is 0 Å². The molecule has 0 spiro atoms. The first-order chi connectivity index (χ1) is 18.6. The summed E-state index contributed by atoms with van der Waals surface area (Å²) in [4.78, 5) is 24.2.